The van der Waals surface area contributed by atoms with E-state index in [1.54, 1.807) is 19.1 Å². The van der Waals surface area contributed by atoms with E-state index in [1.165, 1.54) is 13.2 Å². The summed E-state index contributed by atoms with van der Waals surface area (Å²) in [7, 11) is 1.39. The Hall–Kier alpha value is -1.82. The van der Waals surface area contributed by atoms with E-state index in [1.807, 2.05) is 13.8 Å². The first-order valence-electron chi connectivity index (χ1n) is 6.90. The molecular formula is C15H23FN2O3. The van der Waals surface area contributed by atoms with Gasteiger partial charge in [0, 0.05) is 12.6 Å². The zero-order chi connectivity index (χ0) is 16.0. The van der Waals surface area contributed by atoms with E-state index < -0.39 is 5.82 Å². The number of benzene rings is 1. The van der Waals surface area contributed by atoms with Crippen molar-refractivity contribution in [1.82, 2.24) is 10.6 Å². The van der Waals surface area contributed by atoms with Crippen LogP contribution in [0.2, 0.25) is 0 Å². The summed E-state index contributed by atoms with van der Waals surface area (Å²) < 4.78 is 18.3. The molecule has 0 aliphatic carbocycles. The Bertz CT molecular complexity index is 482. The molecule has 3 atom stereocenters. The van der Waals surface area contributed by atoms with Gasteiger partial charge < -0.3 is 20.5 Å². The summed E-state index contributed by atoms with van der Waals surface area (Å²) in [5.74, 6) is -0.330. The van der Waals surface area contributed by atoms with E-state index in [-0.39, 0.29) is 36.4 Å². The lowest BCUT2D eigenvalue weighted by atomic mass is 10.1. The molecule has 21 heavy (non-hydrogen) atoms. The fraction of sp³-hybridized carbons (Fsp3) is 0.533. The molecule has 0 heterocycles. The van der Waals surface area contributed by atoms with Gasteiger partial charge >= 0.3 is 6.03 Å². The van der Waals surface area contributed by atoms with Crippen LogP contribution in [0.4, 0.5) is 9.18 Å². The highest BCUT2D eigenvalue weighted by molar-refractivity contribution is 5.74. The number of halogens is 1. The maximum Gasteiger partial charge on any atom is 0.315 e. The topological polar surface area (TPSA) is 70.6 Å². The Kier molecular flexibility index (Phi) is 6.42. The molecule has 0 bridgehead atoms. The van der Waals surface area contributed by atoms with E-state index in [4.69, 9.17) is 9.84 Å². The predicted octanol–water partition coefficient (Wildman–Crippen LogP) is 2.21. The molecule has 0 aliphatic heterocycles. The second-order valence-corrected chi connectivity index (χ2v) is 5.18. The van der Waals surface area contributed by atoms with E-state index in [9.17, 15) is 9.18 Å². The molecule has 1 rings (SSSR count). The van der Waals surface area contributed by atoms with Crippen LogP contribution in [-0.4, -0.2) is 30.9 Å². The van der Waals surface area contributed by atoms with Crippen molar-refractivity contribution in [1.29, 1.82) is 0 Å². The van der Waals surface area contributed by atoms with E-state index in [2.05, 4.69) is 10.6 Å². The normalized spacial score (nSPS) is 15.0. The van der Waals surface area contributed by atoms with Crippen LogP contribution >= 0.6 is 0 Å². The molecule has 3 unspecified atom stereocenters. The van der Waals surface area contributed by atoms with Crippen LogP contribution in [0.5, 0.6) is 5.75 Å². The van der Waals surface area contributed by atoms with Crippen molar-refractivity contribution in [3.05, 3.63) is 29.6 Å². The van der Waals surface area contributed by atoms with Crippen molar-refractivity contribution in [3.63, 3.8) is 0 Å². The molecule has 1 aromatic carbocycles. The second-order valence-electron chi connectivity index (χ2n) is 5.18. The number of ether oxygens (including phenoxy) is 1. The molecule has 0 aromatic heterocycles. The molecule has 0 saturated heterocycles. The van der Waals surface area contributed by atoms with Gasteiger partial charge in [0.1, 0.15) is 0 Å². The SMILES string of the molecule is COc1cc(C(C)NC(=O)NC(C)C(C)CO)ccc1F. The lowest BCUT2D eigenvalue weighted by Crippen LogP contribution is -2.44. The molecular weight excluding hydrogens is 275 g/mol. The maximum atomic E-state index is 13.3. The molecule has 0 spiro atoms. The number of methoxy groups -OCH3 is 1. The standard InChI is InChI=1S/C15H23FN2O3/c1-9(8-19)10(2)17-15(20)18-11(3)12-5-6-13(16)14(7-12)21-4/h5-7,9-11,19H,8H2,1-4H3,(H2,17,18,20). The molecule has 2 amide bonds. The molecule has 5 nitrogen and oxygen atoms in total. The number of carbonyl (C=O) groups excluding carboxylic acids is 1. The average molecular weight is 298 g/mol. The molecule has 0 fully saturated rings. The van der Waals surface area contributed by atoms with Crippen molar-refractivity contribution < 1.29 is 19.0 Å². The third-order valence-electron chi connectivity index (χ3n) is 3.52. The van der Waals surface area contributed by atoms with Crippen molar-refractivity contribution in [2.45, 2.75) is 32.9 Å². The molecule has 6 heteroatoms. The third-order valence-corrected chi connectivity index (χ3v) is 3.52. The Morgan fingerprint density at radius 2 is 2.00 bits per heavy atom. The van der Waals surface area contributed by atoms with E-state index >= 15 is 0 Å². The van der Waals surface area contributed by atoms with Crippen molar-refractivity contribution in [2.24, 2.45) is 5.92 Å². The van der Waals surface area contributed by atoms with E-state index in [0.717, 1.165) is 5.56 Å². The minimum absolute atomic E-state index is 0.00611. The van der Waals surface area contributed by atoms with Gasteiger partial charge in [0.15, 0.2) is 11.6 Å². The van der Waals surface area contributed by atoms with Crippen molar-refractivity contribution in [2.75, 3.05) is 13.7 Å². The number of rotatable bonds is 6. The van der Waals surface area contributed by atoms with Gasteiger partial charge in [0.2, 0.25) is 0 Å². The summed E-state index contributed by atoms with van der Waals surface area (Å²) in [6.07, 6.45) is 0. The first kappa shape index (κ1) is 17.2. The molecule has 0 radical (unpaired) electrons. The number of nitrogens with one attached hydrogen (secondary N) is 2. The number of hydrogen-bond acceptors (Lipinski definition) is 3. The van der Waals surface area contributed by atoms with Crippen molar-refractivity contribution in [3.8, 4) is 5.75 Å². The van der Waals surface area contributed by atoms with Crippen LogP contribution in [0.25, 0.3) is 0 Å². The number of urea groups is 1. The molecule has 0 aliphatic rings. The van der Waals surface area contributed by atoms with Crippen LogP contribution in [-0.2, 0) is 0 Å². The molecule has 118 valence electrons. The average Bonchev–Trinajstić information content (AvgIpc) is 2.46. The maximum absolute atomic E-state index is 13.3. The Labute approximate surface area is 124 Å². The molecule has 3 N–H and O–H groups in total. The first-order valence-corrected chi connectivity index (χ1v) is 6.90. The predicted molar refractivity (Wildman–Crippen MR) is 78.7 cm³/mol. The van der Waals surface area contributed by atoms with E-state index in [0.29, 0.717) is 0 Å². The number of carbonyl (C=O) groups is 1. The number of aliphatic hydroxyl groups excluding tert-OH is 1. The van der Waals surface area contributed by atoms with Crippen molar-refractivity contribution >= 4 is 6.03 Å². The second kappa shape index (κ2) is 7.83. The minimum atomic E-state index is -0.441. The number of aliphatic hydroxyl groups is 1. The van der Waals surface area contributed by atoms with Crippen LogP contribution in [0, 0.1) is 11.7 Å². The first-order chi connectivity index (χ1) is 9.88. The van der Waals surface area contributed by atoms with Gasteiger partial charge in [0.05, 0.1) is 13.2 Å². The summed E-state index contributed by atoms with van der Waals surface area (Å²) in [6.45, 7) is 5.48. The Balaban J connectivity index is 2.64. The van der Waals surface area contributed by atoms with Crippen LogP contribution in [0.1, 0.15) is 32.4 Å². The number of hydrogen-bond donors (Lipinski definition) is 3. The largest absolute Gasteiger partial charge is 0.494 e. The lowest BCUT2D eigenvalue weighted by Gasteiger charge is -2.22. The summed E-state index contributed by atoms with van der Waals surface area (Å²) in [4.78, 5) is 11.9. The fourth-order valence-electron chi connectivity index (χ4n) is 1.77. The van der Waals surface area contributed by atoms with Gasteiger partial charge in [-0.25, -0.2) is 9.18 Å². The Morgan fingerprint density at radius 3 is 2.57 bits per heavy atom. The highest BCUT2D eigenvalue weighted by Crippen LogP contribution is 2.22. The molecule has 0 saturated carbocycles. The number of amides is 2. The monoisotopic (exact) mass is 298 g/mol. The smallest absolute Gasteiger partial charge is 0.315 e. The minimum Gasteiger partial charge on any atom is -0.494 e. The van der Waals surface area contributed by atoms with Gasteiger partial charge in [-0.1, -0.05) is 13.0 Å². The van der Waals surface area contributed by atoms with Gasteiger partial charge in [-0.3, -0.25) is 0 Å². The zero-order valence-electron chi connectivity index (χ0n) is 12.8. The van der Waals surface area contributed by atoms with Gasteiger partial charge in [-0.05, 0) is 37.5 Å². The van der Waals surface area contributed by atoms with Crippen LogP contribution in [0.15, 0.2) is 18.2 Å². The van der Waals surface area contributed by atoms with Crippen LogP contribution in [0.3, 0.4) is 0 Å². The molecule has 1 aromatic rings. The summed E-state index contributed by atoms with van der Waals surface area (Å²) in [6, 6.07) is 3.68. The summed E-state index contributed by atoms with van der Waals surface area (Å²) in [5, 5.41) is 14.6. The summed E-state index contributed by atoms with van der Waals surface area (Å²) in [5.41, 5.74) is 0.742. The van der Waals surface area contributed by atoms with Crippen LogP contribution < -0.4 is 15.4 Å². The van der Waals surface area contributed by atoms with Gasteiger partial charge in [-0.15, -0.1) is 0 Å². The lowest BCUT2D eigenvalue weighted by molar-refractivity contribution is 0.199. The Morgan fingerprint density at radius 1 is 1.33 bits per heavy atom. The van der Waals surface area contributed by atoms with Gasteiger partial charge in [0.25, 0.3) is 0 Å². The quantitative estimate of drug-likeness (QED) is 0.754. The summed E-state index contributed by atoms with van der Waals surface area (Å²) >= 11 is 0. The van der Waals surface area contributed by atoms with Gasteiger partial charge in [-0.2, -0.15) is 0 Å². The third kappa shape index (κ3) is 4.90. The fourth-order valence-corrected chi connectivity index (χ4v) is 1.77. The highest BCUT2D eigenvalue weighted by atomic mass is 19.1. The highest BCUT2D eigenvalue weighted by Gasteiger charge is 2.16. The zero-order valence-corrected chi connectivity index (χ0v) is 12.8.